The lowest BCUT2D eigenvalue weighted by molar-refractivity contribution is -0.0677. The smallest absolute Gasteiger partial charge is 0.120 e. The molecule has 0 amide bonds. The third kappa shape index (κ3) is 2.58. The Morgan fingerprint density at radius 2 is 2.10 bits per heavy atom. The maximum Gasteiger partial charge on any atom is 0.120 e. The van der Waals surface area contributed by atoms with E-state index in [2.05, 4.69) is 65.2 Å². The second-order valence-corrected chi connectivity index (χ2v) is 6.72. The Kier molecular flexibility index (Phi) is 4.43. The summed E-state index contributed by atoms with van der Waals surface area (Å²) in [5.41, 5.74) is 3.00. The van der Waals surface area contributed by atoms with Crippen LogP contribution >= 0.6 is 0 Å². The molecule has 3 atom stereocenters. The van der Waals surface area contributed by atoms with Gasteiger partial charge in [-0.25, -0.2) is 0 Å². The van der Waals surface area contributed by atoms with Gasteiger partial charge in [-0.05, 0) is 49.6 Å². The fourth-order valence-electron chi connectivity index (χ4n) is 3.45. The first-order chi connectivity index (χ1) is 9.42. The second-order valence-electron chi connectivity index (χ2n) is 6.72. The normalized spacial score (nSPS) is 29.4. The van der Waals surface area contributed by atoms with Crippen molar-refractivity contribution >= 4 is 0 Å². The molecule has 2 rings (SSSR count). The lowest BCUT2D eigenvalue weighted by atomic mass is 9.61. The van der Waals surface area contributed by atoms with Crippen LogP contribution in [0.5, 0.6) is 5.75 Å². The van der Waals surface area contributed by atoms with Crippen LogP contribution in [0.2, 0.25) is 0 Å². The van der Waals surface area contributed by atoms with Crippen LogP contribution < -0.4 is 10.1 Å². The monoisotopic (exact) mass is 275 g/mol. The zero-order valence-corrected chi connectivity index (χ0v) is 13.8. The van der Waals surface area contributed by atoms with Gasteiger partial charge in [0.1, 0.15) is 11.9 Å². The van der Waals surface area contributed by atoms with Gasteiger partial charge >= 0.3 is 0 Å². The van der Waals surface area contributed by atoms with Gasteiger partial charge in [-0.3, -0.25) is 0 Å². The molecule has 1 aliphatic carbocycles. The van der Waals surface area contributed by atoms with Crippen molar-refractivity contribution in [2.45, 2.75) is 65.5 Å². The van der Waals surface area contributed by atoms with E-state index in [4.69, 9.17) is 4.74 Å². The summed E-state index contributed by atoms with van der Waals surface area (Å²) in [6.45, 7) is 11.2. The van der Waals surface area contributed by atoms with Crippen molar-refractivity contribution in [1.29, 1.82) is 0 Å². The van der Waals surface area contributed by atoms with Crippen LogP contribution in [0.3, 0.4) is 0 Å². The Morgan fingerprint density at radius 1 is 1.40 bits per heavy atom. The van der Waals surface area contributed by atoms with Crippen molar-refractivity contribution in [1.82, 2.24) is 5.32 Å². The molecule has 2 heteroatoms. The van der Waals surface area contributed by atoms with Gasteiger partial charge in [-0.15, -0.1) is 0 Å². The van der Waals surface area contributed by atoms with E-state index < -0.39 is 0 Å². The quantitative estimate of drug-likeness (QED) is 0.866. The summed E-state index contributed by atoms with van der Waals surface area (Å²) < 4.78 is 6.26. The van der Waals surface area contributed by atoms with Gasteiger partial charge < -0.3 is 10.1 Å². The molecule has 0 spiro atoms. The van der Waals surface area contributed by atoms with Crippen molar-refractivity contribution in [2.75, 3.05) is 7.05 Å². The molecule has 1 aromatic carbocycles. The maximum absolute atomic E-state index is 6.26. The molecule has 2 nitrogen and oxygen atoms in total. The van der Waals surface area contributed by atoms with Crippen LogP contribution in [-0.2, 0) is 0 Å². The lowest BCUT2D eigenvalue weighted by Crippen LogP contribution is -2.62. The number of hydrogen-bond donors (Lipinski definition) is 1. The number of benzene rings is 1. The van der Waals surface area contributed by atoms with Gasteiger partial charge in [0.15, 0.2) is 0 Å². The SMILES string of the molecule is CCC1(C)C(NC)CC1Oc1ccc(C(C)C)c(C)c1. The molecule has 0 radical (unpaired) electrons. The average Bonchev–Trinajstić information content (AvgIpc) is 2.41. The minimum absolute atomic E-state index is 0.249. The molecular formula is C18H29NO. The Morgan fingerprint density at radius 3 is 2.60 bits per heavy atom. The zero-order chi connectivity index (χ0) is 14.9. The van der Waals surface area contributed by atoms with Crippen LogP contribution in [-0.4, -0.2) is 19.2 Å². The fraction of sp³-hybridized carbons (Fsp3) is 0.667. The fourth-order valence-corrected chi connectivity index (χ4v) is 3.45. The summed E-state index contributed by atoms with van der Waals surface area (Å²) in [4.78, 5) is 0. The molecule has 0 bridgehead atoms. The minimum atomic E-state index is 0.249. The van der Waals surface area contributed by atoms with Crippen molar-refractivity contribution in [3.05, 3.63) is 29.3 Å². The van der Waals surface area contributed by atoms with E-state index in [9.17, 15) is 0 Å². The first-order valence-corrected chi connectivity index (χ1v) is 7.86. The molecule has 0 aromatic heterocycles. The highest BCUT2D eigenvalue weighted by atomic mass is 16.5. The van der Waals surface area contributed by atoms with Crippen molar-refractivity contribution in [3.63, 3.8) is 0 Å². The topological polar surface area (TPSA) is 21.3 Å². The van der Waals surface area contributed by atoms with Crippen LogP contribution in [0.25, 0.3) is 0 Å². The standard InChI is InChI=1S/C18H29NO/c1-7-18(5)16(19-6)11-17(18)20-14-8-9-15(12(2)3)13(4)10-14/h8-10,12,16-17,19H,7,11H2,1-6H3. The molecule has 0 saturated heterocycles. The van der Waals surface area contributed by atoms with Crippen molar-refractivity contribution < 1.29 is 4.74 Å². The summed E-state index contributed by atoms with van der Waals surface area (Å²) in [7, 11) is 2.05. The molecule has 0 heterocycles. The zero-order valence-electron chi connectivity index (χ0n) is 13.8. The van der Waals surface area contributed by atoms with Gasteiger partial charge in [0.05, 0.1) is 0 Å². The van der Waals surface area contributed by atoms with E-state index in [0.29, 0.717) is 18.1 Å². The van der Waals surface area contributed by atoms with Gasteiger partial charge in [-0.2, -0.15) is 0 Å². The molecule has 3 unspecified atom stereocenters. The Hall–Kier alpha value is -1.02. The first-order valence-electron chi connectivity index (χ1n) is 7.86. The van der Waals surface area contributed by atoms with Gasteiger partial charge in [0.25, 0.3) is 0 Å². The van der Waals surface area contributed by atoms with Crippen LogP contribution in [0.15, 0.2) is 18.2 Å². The van der Waals surface area contributed by atoms with E-state index in [1.54, 1.807) is 0 Å². The third-order valence-corrected chi connectivity index (χ3v) is 5.23. The van der Waals surface area contributed by atoms with Crippen LogP contribution in [0.1, 0.15) is 57.6 Å². The third-order valence-electron chi connectivity index (χ3n) is 5.23. The summed E-state index contributed by atoms with van der Waals surface area (Å²) in [5, 5.41) is 3.41. The van der Waals surface area contributed by atoms with Gasteiger partial charge in [0, 0.05) is 17.9 Å². The predicted molar refractivity (Wildman–Crippen MR) is 85.5 cm³/mol. The molecule has 1 aliphatic rings. The molecule has 112 valence electrons. The van der Waals surface area contributed by atoms with Crippen LogP contribution in [0.4, 0.5) is 0 Å². The van der Waals surface area contributed by atoms with E-state index >= 15 is 0 Å². The number of nitrogens with one attached hydrogen (secondary N) is 1. The number of aryl methyl sites for hydroxylation is 1. The molecule has 20 heavy (non-hydrogen) atoms. The van der Waals surface area contributed by atoms with E-state index in [1.807, 2.05) is 0 Å². The van der Waals surface area contributed by atoms with Crippen molar-refractivity contribution in [2.24, 2.45) is 5.41 Å². The molecule has 1 fully saturated rings. The highest BCUT2D eigenvalue weighted by Crippen LogP contribution is 2.46. The summed E-state index contributed by atoms with van der Waals surface area (Å²) in [6, 6.07) is 7.12. The maximum atomic E-state index is 6.26. The number of rotatable bonds is 5. The van der Waals surface area contributed by atoms with Gasteiger partial charge in [-0.1, -0.05) is 33.8 Å². The molecule has 1 N–H and O–H groups in total. The van der Waals surface area contributed by atoms with Crippen LogP contribution in [0, 0.1) is 12.3 Å². The number of ether oxygens (including phenoxy) is 1. The largest absolute Gasteiger partial charge is 0.490 e. The summed E-state index contributed by atoms with van der Waals surface area (Å²) in [6.07, 6.45) is 2.58. The van der Waals surface area contributed by atoms with E-state index in [-0.39, 0.29) is 5.41 Å². The lowest BCUT2D eigenvalue weighted by Gasteiger charge is -2.53. The average molecular weight is 275 g/mol. The molecule has 1 saturated carbocycles. The Bertz CT molecular complexity index is 468. The molecule has 0 aliphatic heterocycles. The van der Waals surface area contributed by atoms with E-state index in [1.165, 1.54) is 11.1 Å². The van der Waals surface area contributed by atoms with Gasteiger partial charge in [0.2, 0.25) is 0 Å². The number of hydrogen-bond acceptors (Lipinski definition) is 2. The highest BCUT2D eigenvalue weighted by molar-refractivity contribution is 5.36. The Balaban J connectivity index is 2.10. The highest BCUT2D eigenvalue weighted by Gasteiger charge is 2.51. The first kappa shape index (κ1) is 15.4. The predicted octanol–water partition coefficient (Wildman–Crippen LogP) is 4.27. The van der Waals surface area contributed by atoms with E-state index in [0.717, 1.165) is 18.6 Å². The Labute approximate surface area is 123 Å². The van der Waals surface area contributed by atoms with Crippen molar-refractivity contribution in [3.8, 4) is 5.75 Å². The summed E-state index contributed by atoms with van der Waals surface area (Å²) >= 11 is 0. The minimum Gasteiger partial charge on any atom is -0.490 e. The molecule has 1 aromatic rings. The summed E-state index contributed by atoms with van der Waals surface area (Å²) in [5.74, 6) is 1.59. The molecular weight excluding hydrogens is 246 g/mol. The second kappa shape index (κ2) is 5.77.